The topological polar surface area (TPSA) is 50.2 Å². The Bertz CT molecular complexity index is 637. The van der Waals surface area contributed by atoms with Gasteiger partial charge in [0.1, 0.15) is 11.6 Å². The van der Waals surface area contributed by atoms with E-state index in [1.165, 1.54) is 0 Å². The lowest BCUT2D eigenvalue weighted by Gasteiger charge is -2.08. The number of rotatable bonds is 5. The molecule has 0 saturated heterocycles. The first-order chi connectivity index (χ1) is 9.72. The van der Waals surface area contributed by atoms with Crippen LogP contribution in [-0.2, 0) is 0 Å². The summed E-state index contributed by atoms with van der Waals surface area (Å²) < 4.78 is 0. The van der Waals surface area contributed by atoms with Crippen molar-refractivity contribution in [2.45, 2.75) is 6.92 Å². The zero-order chi connectivity index (χ0) is 14.4. The summed E-state index contributed by atoms with van der Waals surface area (Å²) in [6.45, 7) is 5.51. The predicted molar refractivity (Wildman–Crippen MR) is 87.5 cm³/mol. The van der Waals surface area contributed by atoms with Gasteiger partial charge in [0.15, 0.2) is 0 Å². The molecule has 0 aliphatic heterocycles. The first-order valence-corrected chi connectivity index (χ1v) is 7.32. The maximum Gasteiger partial charge on any atom is 0.132 e. The summed E-state index contributed by atoms with van der Waals surface area (Å²) in [5, 5.41) is 3.20. The van der Waals surface area contributed by atoms with Crippen LogP contribution in [0.3, 0.4) is 0 Å². The van der Waals surface area contributed by atoms with Crippen molar-refractivity contribution in [3.05, 3.63) is 54.0 Å². The standard InChI is InChI=1S/C15H16N4S/c1-11-7-8-17-15(9-11)19-14-6-4-5-12(18-14)13(20-3)10-16-2/h4-10H,2H2,1,3H3,(H,17,18,19)/b13-10-. The molecular formula is C15H16N4S. The zero-order valence-corrected chi connectivity index (χ0v) is 12.3. The van der Waals surface area contributed by atoms with Crippen molar-refractivity contribution in [1.29, 1.82) is 0 Å². The van der Waals surface area contributed by atoms with Gasteiger partial charge in [-0.2, -0.15) is 0 Å². The number of aliphatic imine (C=N–C) groups is 1. The van der Waals surface area contributed by atoms with Gasteiger partial charge in [0.25, 0.3) is 0 Å². The monoisotopic (exact) mass is 284 g/mol. The lowest BCUT2D eigenvalue weighted by atomic mass is 10.3. The number of hydrogen-bond donors (Lipinski definition) is 1. The van der Waals surface area contributed by atoms with Gasteiger partial charge in [-0.1, -0.05) is 6.07 Å². The molecule has 20 heavy (non-hydrogen) atoms. The van der Waals surface area contributed by atoms with Crippen molar-refractivity contribution in [3.63, 3.8) is 0 Å². The molecule has 0 aliphatic rings. The van der Waals surface area contributed by atoms with Crippen molar-refractivity contribution in [1.82, 2.24) is 9.97 Å². The number of aryl methyl sites for hydroxylation is 1. The number of pyridine rings is 2. The lowest BCUT2D eigenvalue weighted by Crippen LogP contribution is -1.97. The number of aromatic nitrogens is 2. The third kappa shape index (κ3) is 3.68. The highest BCUT2D eigenvalue weighted by molar-refractivity contribution is 8.07. The highest BCUT2D eigenvalue weighted by atomic mass is 32.2. The van der Waals surface area contributed by atoms with Crippen molar-refractivity contribution in [2.24, 2.45) is 4.99 Å². The molecule has 0 atom stereocenters. The summed E-state index contributed by atoms with van der Waals surface area (Å²) in [7, 11) is 0. The van der Waals surface area contributed by atoms with Crippen LogP contribution in [0.15, 0.2) is 47.7 Å². The molecule has 0 aliphatic carbocycles. The molecule has 1 N–H and O–H groups in total. The average molecular weight is 284 g/mol. The Hall–Kier alpha value is -2.14. The Morgan fingerprint density at radius 3 is 2.90 bits per heavy atom. The minimum atomic E-state index is 0.754. The van der Waals surface area contributed by atoms with Crippen LogP contribution in [0.25, 0.3) is 4.91 Å². The van der Waals surface area contributed by atoms with E-state index in [-0.39, 0.29) is 0 Å². The maximum atomic E-state index is 4.56. The molecule has 0 spiro atoms. The molecule has 0 unspecified atom stereocenters. The fourth-order valence-corrected chi connectivity index (χ4v) is 2.19. The zero-order valence-electron chi connectivity index (χ0n) is 11.5. The minimum Gasteiger partial charge on any atom is -0.325 e. The number of hydrogen-bond acceptors (Lipinski definition) is 5. The molecule has 2 rings (SSSR count). The molecule has 5 heteroatoms. The first-order valence-electron chi connectivity index (χ1n) is 6.10. The second-order valence-corrected chi connectivity index (χ2v) is 4.98. The van der Waals surface area contributed by atoms with Gasteiger partial charge in [0, 0.05) is 12.4 Å². The van der Waals surface area contributed by atoms with Crippen LogP contribution in [-0.4, -0.2) is 22.9 Å². The summed E-state index contributed by atoms with van der Waals surface area (Å²) in [5.41, 5.74) is 2.02. The molecule has 4 nitrogen and oxygen atoms in total. The molecule has 2 aromatic heterocycles. The molecule has 0 saturated carbocycles. The molecule has 2 aromatic rings. The Morgan fingerprint density at radius 2 is 2.20 bits per heavy atom. The van der Waals surface area contributed by atoms with Crippen LogP contribution in [0.2, 0.25) is 0 Å². The van der Waals surface area contributed by atoms with Crippen LogP contribution in [0.4, 0.5) is 11.6 Å². The van der Waals surface area contributed by atoms with E-state index in [2.05, 4.69) is 27.0 Å². The summed E-state index contributed by atoms with van der Waals surface area (Å²) >= 11 is 1.59. The second-order valence-electron chi connectivity index (χ2n) is 4.13. The van der Waals surface area contributed by atoms with Gasteiger partial charge in [0.05, 0.1) is 10.6 Å². The smallest absolute Gasteiger partial charge is 0.132 e. The van der Waals surface area contributed by atoms with E-state index in [9.17, 15) is 0 Å². The molecule has 0 amide bonds. The fourth-order valence-electron chi connectivity index (χ4n) is 1.68. The Balaban J connectivity index is 2.26. The summed E-state index contributed by atoms with van der Waals surface area (Å²) in [5.74, 6) is 1.54. The predicted octanol–water partition coefficient (Wildman–Crippen LogP) is 3.89. The second kappa shape index (κ2) is 6.86. The van der Waals surface area contributed by atoms with E-state index in [1.54, 1.807) is 24.2 Å². The van der Waals surface area contributed by atoms with Crippen molar-refractivity contribution >= 4 is 35.0 Å². The van der Waals surface area contributed by atoms with E-state index < -0.39 is 0 Å². The molecule has 2 heterocycles. The third-order valence-corrected chi connectivity index (χ3v) is 3.36. The van der Waals surface area contributed by atoms with E-state index in [1.807, 2.05) is 43.5 Å². The number of nitrogens with zero attached hydrogens (tertiary/aromatic N) is 3. The Labute approximate surface area is 123 Å². The van der Waals surface area contributed by atoms with Gasteiger partial charge in [0.2, 0.25) is 0 Å². The highest BCUT2D eigenvalue weighted by Crippen LogP contribution is 2.25. The first kappa shape index (κ1) is 14.3. The maximum absolute atomic E-state index is 4.56. The van der Waals surface area contributed by atoms with Crippen LogP contribution < -0.4 is 5.32 Å². The van der Waals surface area contributed by atoms with E-state index in [4.69, 9.17) is 0 Å². The summed E-state index contributed by atoms with van der Waals surface area (Å²) in [6, 6.07) is 9.74. The van der Waals surface area contributed by atoms with Crippen LogP contribution in [0.1, 0.15) is 11.3 Å². The SMILES string of the molecule is C=N/C=C(\SC)c1cccc(Nc2cc(C)ccn2)n1. The quantitative estimate of drug-likeness (QED) is 0.846. The van der Waals surface area contributed by atoms with Crippen molar-refractivity contribution < 1.29 is 0 Å². The van der Waals surface area contributed by atoms with E-state index in [0.29, 0.717) is 0 Å². The third-order valence-electron chi connectivity index (χ3n) is 2.60. The van der Waals surface area contributed by atoms with E-state index >= 15 is 0 Å². The van der Waals surface area contributed by atoms with Crippen LogP contribution in [0, 0.1) is 6.92 Å². The highest BCUT2D eigenvalue weighted by Gasteiger charge is 2.04. The number of nitrogens with one attached hydrogen (secondary N) is 1. The van der Waals surface area contributed by atoms with Gasteiger partial charge in [-0.3, -0.25) is 4.99 Å². The van der Waals surface area contributed by atoms with Crippen molar-refractivity contribution in [3.8, 4) is 0 Å². The minimum absolute atomic E-state index is 0.754. The van der Waals surface area contributed by atoms with Gasteiger partial charge < -0.3 is 5.32 Å². The van der Waals surface area contributed by atoms with Crippen molar-refractivity contribution in [2.75, 3.05) is 11.6 Å². The molecular weight excluding hydrogens is 268 g/mol. The molecule has 0 radical (unpaired) electrons. The molecule has 0 aromatic carbocycles. The average Bonchev–Trinajstić information content (AvgIpc) is 2.45. The Kier molecular flexibility index (Phi) is 4.90. The number of thioether (sulfide) groups is 1. The van der Waals surface area contributed by atoms with Gasteiger partial charge in [-0.25, -0.2) is 9.97 Å². The summed E-state index contributed by atoms with van der Waals surface area (Å²) in [4.78, 5) is 13.6. The van der Waals surface area contributed by atoms with Gasteiger partial charge in [-0.05, 0) is 49.7 Å². The van der Waals surface area contributed by atoms with Gasteiger partial charge in [-0.15, -0.1) is 11.8 Å². The molecule has 102 valence electrons. The molecule has 0 bridgehead atoms. The van der Waals surface area contributed by atoms with Crippen LogP contribution in [0.5, 0.6) is 0 Å². The van der Waals surface area contributed by atoms with Crippen LogP contribution >= 0.6 is 11.8 Å². The van der Waals surface area contributed by atoms with Gasteiger partial charge >= 0.3 is 0 Å². The number of anilines is 2. The fraction of sp³-hybridized carbons (Fsp3) is 0.133. The molecule has 0 fully saturated rings. The van der Waals surface area contributed by atoms with E-state index in [0.717, 1.165) is 27.8 Å². The Morgan fingerprint density at radius 1 is 1.35 bits per heavy atom. The summed E-state index contributed by atoms with van der Waals surface area (Å²) in [6.07, 6.45) is 5.47. The lowest BCUT2D eigenvalue weighted by molar-refractivity contribution is 1.22. The normalized spacial score (nSPS) is 11.2. The largest absolute Gasteiger partial charge is 0.325 e.